The standard InChI is InChI=1S/C32H23FN2O5/c33-32(37)35-24-10-16-28(17-11-24)40-30-20-18-29(19-21-30)39-27-14-8-23(9-15-27)34-31(36)22-6-12-26(13-7-22)38-25-4-2-1-3-5-25/h1-21H,(H,34,36)(H,35,37). The zero-order valence-electron chi connectivity index (χ0n) is 21.0. The van der Waals surface area contributed by atoms with Crippen molar-refractivity contribution in [2.24, 2.45) is 0 Å². The molecule has 2 amide bonds. The second kappa shape index (κ2) is 12.3. The molecule has 0 aliphatic heterocycles. The molecular weight excluding hydrogens is 511 g/mol. The van der Waals surface area contributed by atoms with E-state index < -0.39 is 6.16 Å². The largest absolute Gasteiger partial charge is 0.457 e. The number of anilines is 2. The highest BCUT2D eigenvalue weighted by Crippen LogP contribution is 2.28. The number of para-hydroxylation sites is 1. The van der Waals surface area contributed by atoms with Crippen LogP contribution in [0.5, 0.6) is 34.5 Å². The van der Waals surface area contributed by atoms with Crippen molar-refractivity contribution in [1.29, 1.82) is 0 Å². The maximum atomic E-state index is 12.7. The summed E-state index contributed by atoms with van der Waals surface area (Å²) in [4.78, 5) is 23.1. The van der Waals surface area contributed by atoms with Crippen LogP contribution in [0.4, 0.5) is 20.6 Å². The van der Waals surface area contributed by atoms with E-state index in [0.717, 1.165) is 5.75 Å². The SMILES string of the molecule is O=C(F)Nc1ccc(Oc2ccc(Oc3ccc(NC(=O)c4ccc(Oc5ccccc5)cc4)cc3)cc2)cc1. The summed E-state index contributed by atoms with van der Waals surface area (Å²) >= 11 is 0. The van der Waals surface area contributed by atoms with Crippen molar-refractivity contribution >= 4 is 23.4 Å². The van der Waals surface area contributed by atoms with Crippen molar-refractivity contribution in [3.63, 3.8) is 0 Å². The summed E-state index contributed by atoms with van der Waals surface area (Å²) in [5, 5.41) is 4.92. The number of amides is 2. The van der Waals surface area contributed by atoms with Crippen LogP contribution in [0.3, 0.4) is 0 Å². The Morgan fingerprint density at radius 2 is 0.800 bits per heavy atom. The van der Waals surface area contributed by atoms with Crippen molar-refractivity contribution in [1.82, 2.24) is 0 Å². The van der Waals surface area contributed by atoms with Gasteiger partial charge in [-0.25, -0.2) is 4.79 Å². The molecule has 0 aliphatic carbocycles. The van der Waals surface area contributed by atoms with Gasteiger partial charge < -0.3 is 19.5 Å². The van der Waals surface area contributed by atoms with Gasteiger partial charge >= 0.3 is 6.16 Å². The van der Waals surface area contributed by atoms with Crippen molar-refractivity contribution in [2.45, 2.75) is 0 Å². The lowest BCUT2D eigenvalue weighted by Gasteiger charge is -2.10. The van der Waals surface area contributed by atoms with E-state index >= 15 is 0 Å². The number of nitrogens with one attached hydrogen (secondary N) is 2. The molecule has 0 aliphatic rings. The minimum Gasteiger partial charge on any atom is -0.457 e. The van der Waals surface area contributed by atoms with Gasteiger partial charge in [0.05, 0.1) is 0 Å². The minimum absolute atomic E-state index is 0.239. The van der Waals surface area contributed by atoms with Gasteiger partial charge in [-0.3, -0.25) is 10.1 Å². The Bertz CT molecular complexity index is 1570. The van der Waals surface area contributed by atoms with E-state index in [1.807, 2.05) is 30.3 Å². The third-order valence-corrected chi connectivity index (χ3v) is 5.60. The van der Waals surface area contributed by atoms with E-state index in [0.29, 0.717) is 45.7 Å². The average Bonchev–Trinajstić information content (AvgIpc) is 2.97. The van der Waals surface area contributed by atoms with Gasteiger partial charge in [-0.15, -0.1) is 4.39 Å². The first kappa shape index (κ1) is 26.0. The fourth-order valence-electron chi connectivity index (χ4n) is 3.68. The molecule has 0 aromatic heterocycles. The van der Waals surface area contributed by atoms with Crippen molar-refractivity contribution < 1.29 is 28.2 Å². The topological polar surface area (TPSA) is 85.9 Å². The van der Waals surface area contributed by atoms with Crippen LogP contribution in [0.2, 0.25) is 0 Å². The Morgan fingerprint density at radius 1 is 0.450 bits per heavy atom. The summed E-state index contributed by atoms with van der Waals surface area (Å²) in [6.45, 7) is 0. The molecule has 0 saturated carbocycles. The summed E-state index contributed by atoms with van der Waals surface area (Å²) in [5.41, 5.74) is 1.46. The maximum absolute atomic E-state index is 12.7. The molecular formula is C32H23FN2O5. The predicted octanol–water partition coefficient (Wildman–Crippen LogP) is 8.82. The summed E-state index contributed by atoms with van der Waals surface area (Å²) in [6.07, 6.45) is -1.62. The molecule has 0 radical (unpaired) electrons. The molecule has 5 aromatic carbocycles. The van der Waals surface area contributed by atoms with Gasteiger partial charge in [-0.1, -0.05) is 18.2 Å². The van der Waals surface area contributed by atoms with Gasteiger partial charge in [-0.2, -0.15) is 0 Å². The van der Waals surface area contributed by atoms with Gasteiger partial charge in [0.15, 0.2) is 0 Å². The quantitative estimate of drug-likeness (QED) is 0.146. The smallest absolute Gasteiger partial charge is 0.401 e. The number of carbonyl (C=O) groups is 2. The Kier molecular flexibility index (Phi) is 7.98. The molecule has 40 heavy (non-hydrogen) atoms. The molecule has 0 unspecified atom stereocenters. The number of halogens is 1. The lowest BCUT2D eigenvalue weighted by Crippen LogP contribution is -2.11. The average molecular weight is 535 g/mol. The Labute approximate surface area is 229 Å². The zero-order valence-corrected chi connectivity index (χ0v) is 21.0. The van der Waals surface area contributed by atoms with Crippen LogP contribution in [0.1, 0.15) is 10.4 Å². The lowest BCUT2D eigenvalue weighted by molar-refractivity contribution is 0.102. The third kappa shape index (κ3) is 7.23. The highest BCUT2D eigenvalue weighted by atomic mass is 19.1. The summed E-state index contributed by atoms with van der Waals surface area (Å²) in [7, 11) is 0. The van der Waals surface area contributed by atoms with E-state index in [9.17, 15) is 14.0 Å². The van der Waals surface area contributed by atoms with Crippen LogP contribution in [-0.2, 0) is 0 Å². The molecule has 0 spiro atoms. The van der Waals surface area contributed by atoms with Crippen LogP contribution in [0, 0.1) is 0 Å². The van der Waals surface area contributed by atoms with Gasteiger partial charge in [0.1, 0.15) is 34.5 Å². The summed E-state index contributed by atoms with van der Waals surface area (Å²) in [6, 6.07) is 36.7. The molecule has 198 valence electrons. The number of hydrogen-bond acceptors (Lipinski definition) is 5. The van der Waals surface area contributed by atoms with E-state index in [4.69, 9.17) is 14.2 Å². The van der Waals surface area contributed by atoms with Gasteiger partial charge in [0.2, 0.25) is 0 Å². The maximum Gasteiger partial charge on any atom is 0.401 e. The van der Waals surface area contributed by atoms with Crippen LogP contribution in [-0.4, -0.2) is 12.1 Å². The van der Waals surface area contributed by atoms with Crippen LogP contribution < -0.4 is 24.8 Å². The second-order valence-electron chi connectivity index (χ2n) is 8.52. The molecule has 5 aromatic rings. The lowest BCUT2D eigenvalue weighted by atomic mass is 10.2. The number of carbonyl (C=O) groups excluding carboxylic acids is 2. The van der Waals surface area contributed by atoms with Crippen molar-refractivity contribution in [2.75, 3.05) is 10.6 Å². The van der Waals surface area contributed by atoms with E-state index in [1.54, 1.807) is 84.9 Å². The van der Waals surface area contributed by atoms with Crippen LogP contribution in [0.25, 0.3) is 0 Å². The van der Waals surface area contributed by atoms with E-state index in [-0.39, 0.29) is 5.91 Å². The Balaban J connectivity index is 1.12. The summed E-state index contributed by atoms with van der Waals surface area (Å²) in [5.74, 6) is 3.43. The van der Waals surface area contributed by atoms with E-state index in [2.05, 4.69) is 10.6 Å². The highest BCUT2D eigenvalue weighted by Gasteiger charge is 2.08. The van der Waals surface area contributed by atoms with Crippen molar-refractivity contribution in [3.8, 4) is 34.5 Å². The van der Waals surface area contributed by atoms with Gasteiger partial charge in [0, 0.05) is 16.9 Å². The molecule has 8 heteroatoms. The van der Waals surface area contributed by atoms with Crippen molar-refractivity contribution in [3.05, 3.63) is 133 Å². The molecule has 0 atom stereocenters. The summed E-state index contributed by atoms with van der Waals surface area (Å²) < 4.78 is 29.8. The monoisotopic (exact) mass is 534 g/mol. The van der Waals surface area contributed by atoms with Crippen LogP contribution >= 0.6 is 0 Å². The Morgan fingerprint density at radius 3 is 1.23 bits per heavy atom. The first-order valence-electron chi connectivity index (χ1n) is 12.3. The molecule has 0 bridgehead atoms. The molecule has 7 nitrogen and oxygen atoms in total. The first-order chi connectivity index (χ1) is 19.5. The zero-order chi connectivity index (χ0) is 27.7. The second-order valence-corrected chi connectivity index (χ2v) is 8.52. The minimum atomic E-state index is -1.62. The van der Waals surface area contributed by atoms with E-state index in [1.165, 1.54) is 12.1 Å². The number of rotatable bonds is 9. The molecule has 0 heterocycles. The Hall–Kier alpha value is -5.63. The first-order valence-corrected chi connectivity index (χ1v) is 12.3. The normalized spacial score (nSPS) is 10.3. The fraction of sp³-hybridized carbons (Fsp3) is 0. The molecule has 0 saturated heterocycles. The third-order valence-electron chi connectivity index (χ3n) is 5.60. The number of benzene rings is 5. The molecule has 2 N–H and O–H groups in total. The van der Waals surface area contributed by atoms with Gasteiger partial charge in [0.25, 0.3) is 5.91 Å². The fourth-order valence-corrected chi connectivity index (χ4v) is 3.68. The highest BCUT2D eigenvalue weighted by molar-refractivity contribution is 6.04. The molecule has 5 rings (SSSR count). The number of hydrogen-bond donors (Lipinski definition) is 2. The predicted molar refractivity (Wildman–Crippen MR) is 151 cm³/mol. The molecule has 0 fully saturated rings. The van der Waals surface area contributed by atoms with Crippen LogP contribution in [0.15, 0.2) is 127 Å². The number of ether oxygens (including phenoxy) is 3. The van der Waals surface area contributed by atoms with Gasteiger partial charge in [-0.05, 0) is 109 Å².